The highest BCUT2D eigenvalue weighted by Crippen LogP contribution is 1.67. The van der Waals surface area contributed by atoms with Gasteiger partial charge in [-0.2, -0.15) is 0 Å². The molecule has 0 saturated carbocycles. The molecule has 0 spiro atoms. The van der Waals surface area contributed by atoms with Gasteiger partial charge in [0.15, 0.2) is 0 Å². The van der Waals surface area contributed by atoms with Gasteiger partial charge in [0.05, 0.1) is 33.9 Å². The summed E-state index contributed by atoms with van der Waals surface area (Å²) in [5.41, 5.74) is 0. The van der Waals surface area contributed by atoms with E-state index in [1.807, 2.05) is 0 Å². The molecule has 0 unspecified atom stereocenters. The maximum Gasteiger partial charge on any atom is 0.100 e. The third kappa shape index (κ3) is 11.0. The minimum Gasteiger partial charge on any atom is -1.00 e. The van der Waals surface area contributed by atoms with Crippen LogP contribution in [0.3, 0.4) is 0 Å². The first-order valence-corrected chi connectivity index (χ1v) is 3.25. The fourth-order valence-corrected chi connectivity index (χ4v) is 0.443. The molecule has 3 nitrogen and oxygen atoms in total. The Balaban J connectivity index is 0. The van der Waals surface area contributed by atoms with Crippen molar-refractivity contribution in [1.82, 2.24) is 0 Å². The highest BCUT2D eigenvalue weighted by Gasteiger charge is 1.90. The fourth-order valence-electron chi connectivity index (χ4n) is 0.443. The molecular weight excluding hydrogens is 154 g/mol. The number of rotatable bonds is 5. The number of ether oxygens (including phenoxy) is 1. The Morgan fingerprint density at radius 2 is 1.90 bits per heavy atom. The van der Waals surface area contributed by atoms with Crippen LogP contribution in [0.1, 0.15) is 0 Å². The summed E-state index contributed by atoms with van der Waals surface area (Å²) >= 11 is 0. The first-order chi connectivity index (χ1) is 4.27. The maximum absolute atomic E-state index is 8.30. The van der Waals surface area contributed by atoms with Crippen molar-refractivity contribution in [3.8, 4) is 0 Å². The minimum absolute atomic E-state index is 0. The van der Waals surface area contributed by atoms with Crippen LogP contribution in [0, 0.1) is 0 Å². The predicted octanol–water partition coefficient (Wildman–Crippen LogP) is -4.86. The summed E-state index contributed by atoms with van der Waals surface area (Å²) in [4.78, 5) is 1.37. The third-order valence-corrected chi connectivity index (χ3v) is 0.982. The molecule has 0 heterocycles. The second kappa shape index (κ2) is 9.17. The van der Waals surface area contributed by atoms with Crippen LogP contribution in [0.4, 0.5) is 0 Å². The fraction of sp³-hybridized carbons (Fsp3) is 1.00. The second-order valence-electron chi connectivity index (χ2n) is 2.29. The Morgan fingerprint density at radius 3 is 2.30 bits per heavy atom. The number of halogens is 1. The lowest BCUT2D eigenvalue weighted by Crippen LogP contribution is -3.06. The van der Waals surface area contributed by atoms with Gasteiger partial charge in [-0.05, 0) is 0 Å². The van der Waals surface area contributed by atoms with Crippen molar-refractivity contribution in [2.24, 2.45) is 0 Å². The van der Waals surface area contributed by atoms with E-state index in [1.165, 1.54) is 4.90 Å². The van der Waals surface area contributed by atoms with Gasteiger partial charge in [-0.3, -0.25) is 0 Å². The molecule has 0 aromatic carbocycles. The summed E-state index contributed by atoms with van der Waals surface area (Å²) in [6.45, 7) is 2.33. The monoisotopic (exact) mass is 169 g/mol. The number of nitrogens with one attached hydrogen (secondary N) is 1. The predicted molar refractivity (Wildman–Crippen MR) is 35.6 cm³/mol. The summed E-state index contributed by atoms with van der Waals surface area (Å²) in [7, 11) is 4.14. The van der Waals surface area contributed by atoms with E-state index in [4.69, 9.17) is 9.84 Å². The minimum atomic E-state index is 0. The highest BCUT2D eigenvalue weighted by atomic mass is 35.5. The molecule has 0 bridgehead atoms. The topological polar surface area (TPSA) is 33.9 Å². The number of hydrogen-bond acceptors (Lipinski definition) is 2. The SMILES string of the molecule is C[NH+](C)CCOCCO.[Cl-]. The van der Waals surface area contributed by atoms with Crippen LogP contribution in [0.5, 0.6) is 0 Å². The summed E-state index contributed by atoms with van der Waals surface area (Å²) in [5, 5.41) is 8.30. The van der Waals surface area contributed by atoms with Gasteiger partial charge in [-0.15, -0.1) is 0 Å². The van der Waals surface area contributed by atoms with Gasteiger partial charge >= 0.3 is 0 Å². The van der Waals surface area contributed by atoms with Gasteiger partial charge in [0.2, 0.25) is 0 Å². The van der Waals surface area contributed by atoms with Gasteiger partial charge in [0.1, 0.15) is 6.54 Å². The molecule has 4 heteroatoms. The largest absolute Gasteiger partial charge is 1.00 e. The van der Waals surface area contributed by atoms with Crippen LogP contribution in [0.15, 0.2) is 0 Å². The van der Waals surface area contributed by atoms with E-state index in [0.717, 1.165) is 13.2 Å². The van der Waals surface area contributed by atoms with Crippen LogP contribution in [0.25, 0.3) is 0 Å². The van der Waals surface area contributed by atoms with Crippen molar-refractivity contribution in [3.63, 3.8) is 0 Å². The third-order valence-electron chi connectivity index (χ3n) is 0.982. The lowest BCUT2D eigenvalue weighted by Gasteiger charge is -2.05. The zero-order chi connectivity index (χ0) is 7.11. The molecule has 2 N–H and O–H groups in total. The van der Waals surface area contributed by atoms with E-state index in [1.54, 1.807) is 0 Å². The molecule has 0 rings (SSSR count). The Labute approximate surface area is 68.4 Å². The number of quaternary nitrogens is 1. The van der Waals surface area contributed by atoms with E-state index >= 15 is 0 Å². The molecule has 0 aliphatic rings. The average molecular weight is 170 g/mol. The lowest BCUT2D eigenvalue weighted by molar-refractivity contribution is -0.858. The molecule has 0 radical (unpaired) electrons. The first kappa shape index (κ1) is 12.8. The number of hydrogen-bond donors (Lipinski definition) is 2. The van der Waals surface area contributed by atoms with Crippen LogP contribution >= 0.6 is 0 Å². The lowest BCUT2D eigenvalue weighted by atomic mass is 10.6. The summed E-state index contributed by atoms with van der Waals surface area (Å²) in [6, 6.07) is 0. The number of aliphatic hydroxyl groups is 1. The average Bonchev–Trinajstić information content (AvgIpc) is 1.80. The van der Waals surface area contributed by atoms with Crippen molar-refractivity contribution in [3.05, 3.63) is 0 Å². The van der Waals surface area contributed by atoms with Crippen molar-refractivity contribution < 1.29 is 27.2 Å². The van der Waals surface area contributed by atoms with Gasteiger partial charge < -0.3 is 27.2 Å². The van der Waals surface area contributed by atoms with Crippen LogP contribution in [-0.2, 0) is 4.74 Å². The molecule has 0 atom stereocenters. The van der Waals surface area contributed by atoms with Crippen molar-refractivity contribution >= 4 is 0 Å². The molecule has 0 aliphatic heterocycles. The van der Waals surface area contributed by atoms with Crippen molar-refractivity contribution in [2.45, 2.75) is 0 Å². The molecule has 0 aromatic rings. The van der Waals surface area contributed by atoms with E-state index in [-0.39, 0.29) is 19.0 Å². The van der Waals surface area contributed by atoms with E-state index in [0.29, 0.717) is 6.61 Å². The van der Waals surface area contributed by atoms with Gasteiger partial charge in [0.25, 0.3) is 0 Å². The molecule has 0 fully saturated rings. The molecule has 10 heavy (non-hydrogen) atoms. The molecule has 0 aromatic heterocycles. The molecule has 0 aliphatic carbocycles. The van der Waals surface area contributed by atoms with E-state index < -0.39 is 0 Å². The maximum atomic E-state index is 8.30. The number of aliphatic hydroxyl groups excluding tert-OH is 1. The van der Waals surface area contributed by atoms with Crippen LogP contribution < -0.4 is 17.3 Å². The van der Waals surface area contributed by atoms with E-state index in [2.05, 4.69) is 14.1 Å². The Kier molecular flexibility index (Phi) is 11.7. The molecule has 64 valence electrons. The molecule has 0 saturated heterocycles. The van der Waals surface area contributed by atoms with Crippen molar-refractivity contribution in [1.29, 1.82) is 0 Å². The number of likely N-dealkylation sites (N-methyl/N-ethyl adjacent to an activating group) is 1. The summed E-state index contributed by atoms with van der Waals surface area (Å²) < 4.78 is 5.02. The van der Waals surface area contributed by atoms with Gasteiger partial charge in [0, 0.05) is 0 Å². The quantitative estimate of drug-likeness (QED) is 0.405. The smallest absolute Gasteiger partial charge is 0.100 e. The Morgan fingerprint density at radius 1 is 1.30 bits per heavy atom. The molecule has 0 amide bonds. The second-order valence-corrected chi connectivity index (χ2v) is 2.29. The van der Waals surface area contributed by atoms with Gasteiger partial charge in [-0.25, -0.2) is 0 Å². The zero-order valence-electron chi connectivity index (χ0n) is 6.56. The zero-order valence-corrected chi connectivity index (χ0v) is 7.32. The first-order valence-electron chi connectivity index (χ1n) is 3.25. The van der Waals surface area contributed by atoms with Crippen LogP contribution in [-0.4, -0.2) is 45.6 Å². The molecular formula is C6H16ClNO2. The Bertz CT molecular complexity index is 61.7. The summed E-state index contributed by atoms with van der Waals surface area (Å²) in [5.74, 6) is 0. The van der Waals surface area contributed by atoms with Gasteiger partial charge in [-0.1, -0.05) is 0 Å². The normalized spacial score (nSPS) is 9.60. The van der Waals surface area contributed by atoms with E-state index in [9.17, 15) is 0 Å². The van der Waals surface area contributed by atoms with Crippen LogP contribution in [0.2, 0.25) is 0 Å². The standard InChI is InChI=1S/C6H15NO2.ClH/c1-7(2)3-5-9-6-4-8;/h8H,3-6H2,1-2H3;1H. The summed E-state index contributed by atoms with van der Waals surface area (Å²) in [6.07, 6.45) is 0. The van der Waals surface area contributed by atoms with Crippen molar-refractivity contribution in [2.75, 3.05) is 40.5 Å². The Hall–Kier alpha value is 0.170. The highest BCUT2D eigenvalue weighted by molar-refractivity contribution is 4.25.